The number of ether oxygens (including phenoxy) is 2. The van der Waals surface area contributed by atoms with E-state index in [-0.39, 0.29) is 18.9 Å². The van der Waals surface area contributed by atoms with Crippen LogP contribution in [0.4, 0.5) is 21.0 Å². The molecule has 0 bridgehead atoms. The molecule has 4 amide bonds. The summed E-state index contributed by atoms with van der Waals surface area (Å²) in [4.78, 5) is 53.1. The van der Waals surface area contributed by atoms with Crippen molar-refractivity contribution >= 4 is 47.0 Å². The summed E-state index contributed by atoms with van der Waals surface area (Å²) in [7, 11) is 1.25. The maximum Gasteiger partial charge on any atom is 0.412 e. The highest BCUT2D eigenvalue weighted by atomic mass is 35.5. The van der Waals surface area contributed by atoms with Crippen LogP contribution in [0.5, 0.6) is 0 Å². The molecule has 3 heterocycles. The molecule has 0 unspecified atom stereocenters. The maximum absolute atomic E-state index is 14.1. The Kier molecular flexibility index (Phi) is 8.14. The number of halogens is 1. The number of likely N-dealkylation sites (tertiary alicyclic amines) is 1. The third kappa shape index (κ3) is 6.31. The van der Waals surface area contributed by atoms with E-state index in [0.717, 1.165) is 16.8 Å². The molecule has 4 N–H and O–H groups in total. The lowest BCUT2D eigenvalue weighted by Crippen LogP contribution is -2.50. The molecule has 12 nitrogen and oxygen atoms in total. The van der Waals surface area contributed by atoms with Gasteiger partial charge in [-0.25, -0.2) is 9.59 Å². The summed E-state index contributed by atoms with van der Waals surface area (Å²) in [6.07, 6.45) is 1.01. The van der Waals surface area contributed by atoms with Gasteiger partial charge >= 0.3 is 12.2 Å². The fraction of sp³-hybridized carbons (Fsp3) is 0.219. The number of aromatic nitrogens is 2. The van der Waals surface area contributed by atoms with Crippen LogP contribution in [-0.4, -0.2) is 65.3 Å². The SMILES string of the molecule is COC(=O)Nc1ccc(C(=O)N[C@@H](Cc2ccc(-c3ccn[nH]3)cc2)C(=O)N2CC[C@@]3(C2)OC(=O)Nc2ccc(Cl)cc23)cc1. The topological polar surface area (TPSA) is 155 Å². The van der Waals surface area contributed by atoms with E-state index in [2.05, 4.69) is 30.9 Å². The molecule has 1 spiro atoms. The zero-order chi connectivity index (χ0) is 31.6. The minimum atomic E-state index is -1.07. The number of nitrogens with one attached hydrogen (secondary N) is 4. The molecule has 1 saturated heterocycles. The average molecular weight is 629 g/mol. The van der Waals surface area contributed by atoms with Gasteiger partial charge in [0, 0.05) is 47.4 Å². The number of rotatable bonds is 7. The van der Waals surface area contributed by atoms with Crippen molar-refractivity contribution in [1.82, 2.24) is 20.4 Å². The van der Waals surface area contributed by atoms with Crippen LogP contribution in [0.25, 0.3) is 11.3 Å². The van der Waals surface area contributed by atoms with Gasteiger partial charge in [-0.05, 0) is 59.7 Å². The molecule has 1 fully saturated rings. The van der Waals surface area contributed by atoms with Crippen molar-refractivity contribution in [3.05, 3.63) is 101 Å². The number of carbonyl (C=O) groups excluding carboxylic acids is 4. The van der Waals surface area contributed by atoms with Crippen molar-refractivity contribution in [1.29, 1.82) is 0 Å². The summed E-state index contributed by atoms with van der Waals surface area (Å²) in [5, 5.41) is 15.5. The largest absolute Gasteiger partial charge is 0.453 e. The van der Waals surface area contributed by atoms with Crippen LogP contribution in [0.15, 0.2) is 79.0 Å². The highest BCUT2D eigenvalue weighted by molar-refractivity contribution is 6.30. The van der Waals surface area contributed by atoms with Crippen molar-refractivity contribution in [2.75, 3.05) is 30.8 Å². The van der Waals surface area contributed by atoms with Crippen molar-refractivity contribution in [3.8, 4) is 11.3 Å². The van der Waals surface area contributed by atoms with Crippen LogP contribution in [-0.2, 0) is 26.3 Å². The Morgan fingerprint density at radius 1 is 1.09 bits per heavy atom. The number of anilines is 2. The van der Waals surface area contributed by atoms with E-state index < -0.39 is 29.7 Å². The summed E-state index contributed by atoms with van der Waals surface area (Å²) < 4.78 is 10.4. The van der Waals surface area contributed by atoms with Gasteiger partial charge in [-0.1, -0.05) is 35.9 Å². The first-order chi connectivity index (χ1) is 21.7. The third-order valence-electron chi connectivity index (χ3n) is 7.93. The normalized spacial score (nSPS) is 17.6. The molecule has 6 rings (SSSR count). The first-order valence-corrected chi connectivity index (χ1v) is 14.5. The minimum Gasteiger partial charge on any atom is -0.453 e. The molecule has 1 aromatic heterocycles. The van der Waals surface area contributed by atoms with Crippen LogP contribution in [0.2, 0.25) is 5.02 Å². The Morgan fingerprint density at radius 3 is 2.58 bits per heavy atom. The highest BCUT2D eigenvalue weighted by Gasteiger charge is 2.49. The number of methoxy groups -OCH3 is 1. The second-order valence-corrected chi connectivity index (χ2v) is 11.2. The van der Waals surface area contributed by atoms with Gasteiger partial charge in [0.1, 0.15) is 6.04 Å². The second kappa shape index (κ2) is 12.3. The molecule has 2 aliphatic heterocycles. The molecule has 2 aliphatic rings. The Balaban J connectivity index is 1.24. The van der Waals surface area contributed by atoms with Crippen molar-refractivity contribution in [2.45, 2.75) is 24.5 Å². The van der Waals surface area contributed by atoms with Crippen LogP contribution in [0.3, 0.4) is 0 Å². The second-order valence-electron chi connectivity index (χ2n) is 10.8. The molecule has 13 heteroatoms. The van der Waals surface area contributed by atoms with E-state index in [1.54, 1.807) is 53.6 Å². The molecule has 2 atom stereocenters. The van der Waals surface area contributed by atoms with E-state index in [9.17, 15) is 19.2 Å². The van der Waals surface area contributed by atoms with Gasteiger partial charge < -0.3 is 19.7 Å². The number of hydrogen-bond acceptors (Lipinski definition) is 7. The minimum absolute atomic E-state index is 0.103. The maximum atomic E-state index is 14.1. The number of fused-ring (bicyclic) bond motifs is 2. The fourth-order valence-electron chi connectivity index (χ4n) is 5.65. The number of amides is 4. The highest BCUT2D eigenvalue weighted by Crippen LogP contribution is 2.44. The van der Waals surface area contributed by atoms with E-state index in [0.29, 0.717) is 40.5 Å². The zero-order valence-corrected chi connectivity index (χ0v) is 24.9. The van der Waals surface area contributed by atoms with Gasteiger partial charge in [0.2, 0.25) is 5.91 Å². The van der Waals surface area contributed by atoms with Crippen molar-refractivity contribution in [2.24, 2.45) is 0 Å². The summed E-state index contributed by atoms with van der Waals surface area (Å²) in [5.41, 5.74) is 3.56. The number of carbonyl (C=O) groups is 4. The van der Waals surface area contributed by atoms with E-state index in [1.807, 2.05) is 30.3 Å². The molecule has 230 valence electrons. The summed E-state index contributed by atoms with van der Waals surface area (Å²) >= 11 is 6.29. The van der Waals surface area contributed by atoms with Gasteiger partial charge in [0.15, 0.2) is 5.60 Å². The third-order valence-corrected chi connectivity index (χ3v) is 8.16. The van der Waals surface area contributed by atoms with Crippen LogP contribution >= 0.6 is 11.6 Å². The Bertz CT molecular complexity index is 1740. The monoisotopic (exact) mass is 628 g/mol. The summed E-state index contributed by atoms with van der Waals surface area (Å²) in [5.74, 6) is -0.786. The molecule has 0 radical (unpaired) electrons. The van der Waals surface area contributed by atoms with Gasteiger partial charge in [-0.2, -0.15) is 5.10 Å². The van der Waals surface area contributed by atoms with E-state index in [4.69, 9.17) is 16.3 Å². The molecule has 4 aromatic rings. The lowest BCUT2D eigenvalue weighted by atomic mass is 9.90. The van der Waals surface area contributed by atoms with E-state index >= 15 is 0 Å². The number of aromatic amines is 1. The fourth-order valence-corrected chi connectivity index (χ4v) is 5.82. The van der Waals surface area contributed by atoms with Gasteiger partial charge in [0.25, 0.3) is 5.91 Å². The number of H-pyrrole nitrogens is 1. The first kappa shape index (κ1) is 29.7. The standard InChI is InChI=1S/C32H29ClN6O6/c1-44-30(42)35-23-9-6-21(7-10-23)28(40)36-27(16-19-2-4-20(5-3-19)25-12-14-34-38-25)29(41)39-15-13-32(18-39)24-17-22(33)8-11-26(24)37-31(43)45-32/h2-12,14,17,27H,13,15-16,18H2,1H3,(H,34,38)(H,35,42)(H,36,40)(H,37,43)/t27-,32-/m0/s1. The van der Waals surface area contributed by atoms with Gasteiger partial charge in [-0.15, -0.1) is 0 Å². The van der Waals surface area contributed by atoms with Crippen molar-refractivity contribution in [3.63, 3.8) is 0 Å². The lowest BCUT2D eigenvalue weighted by Gasteiger charge is -2.35. The molecule has 0 saturated carbocycles. The predicted molar refractivity (Wildman–Crippen MR) is 166 cm³/mol. The average Bonchev–Trinajstić information content (AvgIpc) is 3.73. The number of nitrogens with zero attached hydrogens (tertiary/aromatic N) is 2. The Morgan fingerprint density at radius 2 is 1.87 bits per heavy atom. The molecular formula is C32H29ClN6O6. The Hall–Kier alpha value is -5.36. The molecule has 0 aliphatic carbocycles. The summed E-state index contributed by atoms with van der Waals surface area (Å²) in [6, 6.07) is 19.9. The lowest BCUT2D eigenvalue weighted by molar-refractivity contribution is -0.133. The molecular weight excluding hydrogens is 600 g/mol. The summed E-state index contributed by atoms with van der Waals surface area (Å²) in [6.45, 7) is 0.405. The molecule has 3 aromatic carbocycles. The van der Waals surface area contributed by atoms with Gasteiger partial charge in [-0.3, -0.25) is 25.3 Å². The number of hydrogen-bond donors (Lipinski definition) is 4. The molecule has 45 heavy (non-hydrogen) atoms. The van der Waals surface area contributed by atoms with Crippen LogP contribution in [0.1, 0.15) is 27.9 Å². The van der Waals surface area contributed by atoms with Crippen LogP contribution < -0.4 is 16.0 Å². The predicted octanol–water partition coefficient (Wildman–Crippen LogP) is 4.94. The zero-order valence-electron chi connectivity index (χ0n) is 24.1. The van der Waals surface area contributed by atoms with Gasteiger partial charge in [0.05, 0.1) is 25.0 Å². The number of benzene rings is 3. The van der Waals surface area contributed by atoms with Crippen molar-refractivity contribution < 1.29 is 28.7 Å². The smallest absolute Gasteiger partial charge is 0.412 e. The quantitative estimate of drug-likeness (QED) is 0.226. The van der Waals surface area contributed by atoms with Crippen LogP contribution in [0, 0.1) is 0 Å². The Labute approximate surface area is 263 Å². The van der Waals surface area contributed by atoms with E-state index in [1.165, 1.54) is 7.11 Å². The first-order valence-electron chi connectivity index (χ1n) is 14.2.